The van der Waals surface area contributed by atoms with Gasteiger partial charge >= 0.3 is 0 Å². The molecule has 0 N–H and O–H groups in total. The van der Waals surface area contributed by atoms with Crippen LogP contribution in [0.4, 0.5) is 4.39 Å². The standard InChI is InChI=1S/C16H16FN5O/c1-16(2,17)15(23)6-12-4-10-5-13(14-9-22(3)21-20-14)19-8-11(10)7-18-12/h4-5,7-9H,6H2,1-3H3. The van der Waals surface area contributed by atoms with Gasteiger partial charge in [0, 0.05) is 30.5 Å². The van der Waals surface area contributed by atoms with Crippen LogP contribution < -0.4 is 0 Å². The molecule has 0 aromatic carbocycles. The number of fused-ring (bicyclic) bond motifs is 1. The van der Waals surface area contributed by atoms with Crippen molar-refractivity contribution in [1.82, 2.24) is 25.0 Å². The quantitative estimate of drug-likeness (QED) is 0.739. The van der Waals surface area contributed by atoms with E-state index in [1.807, 2.05) is 6.07 Å². The van der Waals surface area contributed by atoms with Gasteiger partial charge in [-0.3, -0.25) is 19.4 Å². The summed E-state index contributed by atoms with van der Waals surface area (Å²) in [6.45, 7) is 2.51. The number of halogens is 1. The molecule has 0 amide bonds. The lowest BCUT2D eigenvalue weighted by Crippen LogP contribution is -2.27. The number of aryl methyl sites for hydroxylation is 1. The SMILES string of the molecule is Cn1cc(-c2cc3cc(CC(=O)C(C)(C)F)ncc3cn2)nn1. The maximum Gasteiger partial charge on any atom is 0.175 e. The Kier molecular flexibility index (Phi) is 3.63. The summed E-state index contributed by atoms with van der Waals surface area (Å²) in [6, 6.07) is 3.64. The third-order valence-corrected chi connectivity index (χ3v) is 3.53. The summed E-state index contributed by atoms with van der Waals surface area (Å²) in [5.41, 5.74) is 0.0118. The van der Waals surface area contributed by atoms with Crippen molar-refractivity contribution in [3.05, 3.63) is 36.4 Å². The van der Waals surface area contributed by atoms with Crippen LogP contribution in [0.3, 0.4) is 0 Å². The second kappa shape index (κ2) is 5.49. The predicted octanol–water partition coefficient (Wildman–Crippen LogP) is 2.29. The molecule has 7 heteroatoms. The van der Waals surface area contributed by atoms with Crippen LogP contribution in [0.25, 0.3) is 22.2 Å². The van der Waals surface area contributed by atoms with Crippen molar-refractivity contribution in [3.63, 3.8) is 0 Å². The monoisotopic (exact) mass is 313 g/mol. The predicted molar refractivity (Wildman–Crippen MR) is 83.4 cm³/mol. The van der Waals surface area contributed by atoms with E-state index >= 15 is 0 Å². The molecule has 0 saturated carbocycles. The lowest BCUT2D eigenvalue weighted by Gasteiger charge is -2.12. The van der Waals surface area contributed by atoms with Gasteiger partial charge in [-0.15, -0.1) is 5.10 Å². The van der Waals surface area contributed by atoms with Gasteiger partial charge in [0.15, 0.2) is 11.5 Å². The zero-order valence-electron chi connectivity index (χ0n) is 13.1. The minimum Gasteiger partial charge on any atom is -0.296 e. The van der Waals surface area contributed by atoms with E-state index in [-0.39, 0.29) is 6.42 Å². The molecule has 0 spiro atoms. The molecule has 0 radical (unpaired) electrons. The summed E-state index contributed by atoms with van der Waals surface area (Å²) in [4.78, 5) is 20.4. The average Bonchev–Trinajstić information content (AvgIpc) is 2.92. The van der Waals surface area contributed by atoms with E-state index in [9.17, 15) is 9.18 Å². The molecule has 6 nitrogen and oxygen atoms in total. The van der Waals surface area contributed by atoms with Crippen LogP contribution in [0.15, 0.2) is 30.7 Å². The minimum atomic E-state index is -1.86. The van der Waals surface area contributed by atoms with Crippen molar-refractivity contribution in [3.8, 4) is 11.4 Å². The molecule has 0 atom stereocenters. The van der Waals surface area contributed by atoms with Gasteiger partial charge in [0.2, 0.25) is 0 Å². The highest BCUT2D eigenvalue weighted by Gasteiger charge is 2.26. The van der Waals surface area contributed by atoms with Crippen LogP contribution in [0.5, 0.6) is 0 Å². The van der Waals surface area contributed by atoms with Gasteiger partial charge in [0.25, 0.3) is 0 Å². The third kappa shape index (κ3) is 3.23. The zero-order valence-corrected chi connectivity index (χ0v) is 13.1. The molecule has 3 rings (SSSR count). The number of aromatic nitrogens is 5. The molecular formula is C16H16FN5O. The van der Waals surface area contributed by atoms with E-state index in [2.05, 4.69) is 20.3 Å². The van der Waals surface area contributed by atoms with Crippen molar-refractivity contribution in [1.29, 1.82) is 0 Å². The molecule has 0 bridgehead atoms. The molecule has 0 aliphatic heterocycles. The average molecular weight is 313 g/mol. The number of carbonyl (C=O) groups is 1. The summed E-state index contributed by atoms with van der Waals surface area (Å²) in [5, 5.41) is 9.62. The normalized spacial score (nSPS) is 11.8. The van der Waals surface area contributed by atoms with Crippen molar-refractivity contribution in [2.24, 2.45) is 7.05 Å². The molecule has 0 aliphatic carbocycles. The van der Waals surface area contributed by atoms with Crippen LogP contribution in [0.1, 0.15) is 19.5 Å². The Hall–Kier alpha value is -2.70. The number of hydrogen-bond acceptors (Lipinski definition) is 5. The number of rotatable bonds is 4. The van der Waals surface area contributed by atoms with E-state index < -0.39 is 11.5 Å². The number of Topliss-reactive ketones (excluding diaryl/α,β-unsaturated/α-hetero) is 1. The Bertz CT molecular complexity index is 882. The Labute approximate surface area is 132 Å². The molecule has 3 aromatic heterocycles. The smallest absolute Gasteiger partial charge is 0.175 e. The first-order valence-electron chi connectivity index (χ1n) is 7.16. The largest absolute Gasteiger partial charge is 0.296 e. The van der Waals surface area contributed by atoms with Crippen LogP contribution >= 0.6 is 0 Å². The first-order chi connectivity index (χ1) is 10.8. The molecular weight excluding hydrogens is 297 g/mol. The van der Waals surface area contributed by atoms with E-state index in [0.29, 0.717) is 17.1 Å². The number of nitrogens with zero attached hydrogens (tertiary/aromatic N) is 5. The van der Waals surface area contributed by atoms with Crippen molar-refractivity contribution < 1.29 is 9.18 Å². The highest BCUT2D eigenvalue weighted by Crippen LogP contribution is 2.21. The molecule has 0 aliphatic rings. The second-order valence-electron chi connectivity index (χ2n) is 5.94. The second-order valence-corrected chi connectivity index (χ2v) is 5.94. The van der Waals surface area contributed by atoms with E-state index in [1.54, 1.807) is 36.4 Å². The fraction of sp³-hybridized carbons (Fsp3) is 0.312. The molecule has 0 fully saturated rings. The van der Waals surface area contributed by atoms with Crippen LogP contribution in [0.2, 0.25) is 0 Å². The summed E-state index contributed by atoms with van der Waals surface area (Å²) < 4.78 is 15.3. The van der Waals surface area contributed by atoms with Crippen molar-refractivity contribution in [2.45, 2.75) is 25.9 Å². The first kappa shape index (κ1) is 15.2. The maximum absolute atomic E-state index is 13.7. The number of hydrogen-bond donors (Lipinski definition) is 0. The van der Waals surface area contributed by atoms with E-state index in [1.165, 1.54) is 13.8 Å². The van der Waals surface area contributed by atoms with Gasteiger partial charge in [-0.05, 0) is 31.4 Å². The van der Waals surface area contributed by atoms with Crippen LogP contribution in [0, 0.1) is 0 Å². The first-order valence-corrected chi connectivity index (χ1v) is 7.16. The minimum absolute atomic E-state index is 0.0394. The Morgan fingerprint density at radius 3 is 2.57 bits per heavy atom. The topological polar surface area (TPSA) is 73.6 Å². The third-order valence-electron chi connectivity index (χ3n) is 3.53. The Morgan fingerprint density at radius 1 is 1.17 bits per heavy atom. The summed E-state index contributed by atoms with van der Waals surface area (Å²) in [7, 11) is 1.78. The maximum atomic E-state index is 13.7. The molecule has 0 saturated heterocycles. The lowest BCUT2D eigenvalue weighted by atomic mass is 10.0. The lowest BCUT2D eigenvalue weighted by molar-refractivity contribution is -0.127. The molecule has 3 heterocycles. The number of carbonyl (C=O) groups excluding carboxylic acids is 1. The zero-order chi connectivity index (χ0) is 16.6. The number of alkyl halides is 1. The van der Waals surface area contributed by atoms with Gasteiger partial charge in [-0.1, -0.05) is 5.21 Å². The van der Waals surface area contributed by atoms with Gasteiger partial charge in [-0.2, -0.15) is 0 Å². The molecule has 3 aromatic rings. The molecule has 0 unspecified atom stereocenters. The fourth-order valence-corrected chi connectivity index (χ4v) is 2.16. The van der Waals surface area contributed by atoms with E-state index in [4.69, 9.17) is 0 Å². The molecule has 118 valence electrons. The number of pyridine rings is 2. The highest BCUT2D eigenvalue weighted by atomic mass is 19.1. The summed E-state index contributed by atoms with van der Waals surface area (Å²) in [5.74, 6) is -0.493. The Balaban J connectivity index is 1.96. The fourth-order valence-electron chi connectivity index (χ4n) is 2.16. The van der Waals surface area contributed by atoms with Crippen LogP contribution in [-0.2, 0) is 18.3 Å². The van der Waals surface area contributed by atoms with Crippen molar-refractivity contribution in [2.75, 3.05) is 0 Å². The van der Waals surface area contributed by atoms with Crippen molar-refractivity contribution >= 4 is 16.6 Å². The summed E-state index contributed by atoms with van der Waals surface area (Å²) in [6.07, 6.45) is 5.06. The number of ketones is 1. The van der Waals surface area contributed by atoms with Gasteiger partial charge in [0.1, 0.15) is 5.69 Å². The Morgan fingerprint density at radius 2 is 1.91 bits per heavy atom. The van der Waals surface area contributed by atoms with Gasteiger partial charge in [-0.25, -0.2) is 4.39 Å². The highest BCUT2D eigenvalue weighted by molar-refractivity contribution is 5.89. The molecule has 23 heavy (non-hydrogen) atoms. The summed E-state index contributed by atoms with van der Waals surface area (Å²) >= 11 is 0. The van der Waals surface area contributed by atoms with Gasteiger partial charge in [0.05, 0.1) is 18.3 Å². The van der Waals surface area contributed by atoms with Crippen LogP contribution in [-0.4, -0.2) is 36.4 Å². The van der Waals surface area contributed by atoms with Gasteiger partial charge < -0.3 is 0 Å². The van der Waals surface area contributed by atoms with E-state index in [0.717, 1.165) is 10.8 Å².